The van der Waals surface area contributed by atoms with Crippen LogP contribution in [0.25, 0.3) is 0 Å². The molecule has 2 amide bonds. The van der Waals surface area contributed by atoms with Crippen LogP contribution < -0.4 is 0 Å². The van der Waals surface area contributed by atoms with E-state index in [0.717, 1.165) is 22.3 Å². The topological polar surface area (TPSA) is 49.9 Å². The molecule has 2 aliphatic rings. The second-order valence-electron chi connectivity index (χ2n) is 8.94. The van der Waals surface area contributed by atoms with Crippen LogP contribution in [0, 0.1) is 27.7 Å². The Bertz CT molecular complexity index is 970. The quantitative estimate of drug-likeness (QED) is 0.752. The molecule has 2 saturated heterocycles. The molecule has 0 aromatic heterocycles. The molecule has 0 radical (unpaired) electrons. The van der Waals surface area contributed by atoms with Gasteiger partial charge in [0.15, 0.2) is 0 Å². The maximum atomic E-state index is 13.0. The number of nitrogens with zero attached hydrogens (tertiary/aromatic N) is 2. The number of amides is 2. The van der Waals surface area contributed by atoms with Crippen LogP contribution >= 0.6 is 0 Å². The molecule has 5 heteroatoms. The highest BCUT2D eigenvalue weighted by molar-refractivity contribution is 5.96. The first-order valence-electron chi connectivity index (χ1n) is 10.7. The van der Waals surface area contributed by atoms with E-state index < -0.39 is 5.60 Å². The number of hydrogen-bond acceptors (Lipinski definition) is 3. The Morgan fingerprint density at radius 2 is 1.70 bits per heavy atom. The van der Waals surface area contributed by atoms with E-state index in [1.807, 2.05) is 36.9 Å². The molecule has 2 aliphatic heterocycles. The lowest BCUT2D eigenvalue weighted by atomic mass is 9.90. The smallest absolute Gasteiger partial charge is 0.410 e. The third kappa shape index (κ3) is 3.93. The Morgan fingerprint density at radius 1 is 1.03 bits per heavy atom. The molecule has 0 atom stereocenters. The standard InChI is InChI=1S/C25H30N2O3/c1-17-12-18(2)14-21(13-17)15-27-16-25(30-24(27)29)8-10-26(11-9-25)23(28)22-7-5-6-19(3)20(22)4/h5-7,12-14H,8-11,15-16H2,1-4H3. The van der Waals surface area contributed by atoms with Crippen molar-refractivity contribution in [2.75, 3.05) is 19.6 Å². The summed E-state index contributed by atoms with van der Waals surface area (Å²) in [5, 5.41) is 0. The fourth-order valence-corrected chi connectivity index (χ4v) is 4.73. The van der Waals surface area contributed by atoms with Gasteiger partial charge in [0.1, 0.15) is 5.60 Å². The van der Waals surface area contributed by atoms with Crippen molar-refractivity contribution in [1.82, 2.24) is 9.80 Å². The molecule has 158 valence electrons. The number of piperidine rings is 1. The summed E-state index contributed by atoms with van der Waals surface area (Å²) >= 11 is 0. The highest BCUT2D eigenvalue weighted by atomic mass is 16.6. The van der Waals surface area contributed by atoms with Gasteiger partial charge in [0.25, 0.3) is 5.91 Å². The minimum Gasteiger partial charge on any atom is -0.441 e. The first-order chi connectivity index (χ1) is 14.3. The van der Waals surface area contributed by atoms with Gasteiger partial charge in [0.2, 0.25) is 0 Å². The Hall–Kier alpha value is -2.82. The summed E-state index contributed by atoms with van der Waals surface area (Å²) in [5.74, 6) is 0.0717. The first kappa shape index (κ1) is 20.5. The second kappa shape index (κ2) is 7.78. The van der Waals surface area contributed by atoms with Crippen LogP contribution in [0.5, 0.6) is 0 Å². The number of likely N-dealkylation sites (tertiary alicyclic amines) is 1. The van der Waals surface area contributed by atoms with Crippen LogP contribution in [0.2, 0.25) is 0 Å². The van der Waals surface area contributed by atoms with E-state index in [-0.39, 0.29) is 12.0 Å². The minimum atomic E-state index is -0.478. The Morgan fingerprint density at radius 3 is 2.37 bits per heavy atom. The van der Waals surface area contributed by atoms with Crippen molar-refractivity contribution in [1.29, 1.82) is 0 Å². The van der Waals surface area contributed by atoms with Gasteiger partial charge in [-0.15, -0.1) is 0 Å². The zero-order valence-corrected chi connectivity index (χ0v) is 18.3. The molecule has 2 heterocycles. The lowest BCUT2D eigenvalue weighted by molar-refractivity contribution is 0.00311. The van der Waals surface area contributed by atoms with E-state index in [1.165, 1.54) is 11.1 Å². The van der Waals surface area contributed by atoms with Gasteiger partial charge in [-0.05, 0) is 50.5 Å². The summed E-state index contributed by atoms with van der Waals surface area (Å²) in [6.07, 6.45) is 1.11. The lowest BCUT2D eigenvalue weighted by Gasteiger charge is -2.37. The normalized spacial score (nSPS) is 18.1. The molecule has 0 aliphatic carbocycles. The number of ether oxygens (including phenoxy) is 1. The predicted octanol–water partition coefficient (Wildman–Crippen LogP) is 4.55. The predicted molar refractivity (Wildman–Crippen MR) is 117 cm³/mol. The summed E-state index contributed by atoms with van der Waals surface area (Å²) in [6.45, 7) is 10.5. The zero-order valence-electron chi connectivity index (χ0n) is 18.3. The van der Waals surface area contributed by atoms with Gasteiger partial charge < -0.3 is 9.64 Å². The summed E-state index contributed by atoms with van der Waals surface area (Å²) in [4.78, 5) is 29.3. The van der Waals surface area contributed by atoms with Gasteiger partial charge in [0, 0.05) is 38.0 Å². The highest BCUT2D eigenvalue weighted by Crippen LogP contribution is 2.34. The van der Waals surface area contributed by atoms with Crippen molar-refractivity contribution >= 4 is 12.0 Å². The molecule has 2 fully saturated rings. The molecule has 0 N–H and O–H groups in total. The second-order valence-corrected chi connectivity index (χ2v) is 8.94. The molecular weight excluding hydrogens is 376 g/mol. The molecule has 2 aromatic carbocycles. The third-order valence-electron chi connectivity index (χ3n) is 6.49. The number of rotatable bonds is 3. The van der Waals surface area contributed by atoms with E-state index in [9.17, 15) is 9.59 Å². The number of carbonyl (C=O) groups is 2. The van der Waals surface area contributed by atoms with Gasteiger partial charge >= 0.3 is 6.09 Å². The number of carbonyl (C=O) groups excluding carboxylic acids is 2. The van der Waals surface area contributed by atoms with Crippen molar-refractivity contribution in [2.45, 2.75) is 52.7 Å². The fraction of sp³-hybridized carbons (Fsp3) is 0.440. The molecule has 2 aromatic rings. The van der Waals surface area contributed by atoms with Crippen LogP contribution in [-0.4, -0.2) is 47.0 Å². The Balaban J connectivity index is 1.41. The summed E-state index contributed by atoms with van der Waals surface area (Å²) in [5.41, 5.74) is 5.98. The van der Waals surface area contributed by atoms with E-state index in [4.69, 9.17) is 4.74 Å². The SMILES string of the molecule is Cc1cc(C)cc(CN2CC3(CCN(C(=O)c4cccc(C)c4C)CC3)OC2=O)c1. The molecule has 4 rings (SSSR count). The summed E-state index contributed by atoms with van der Waals surface area (Å²) < 4.78 is 5.86. The van der Waals surface area contributed by atoms with E-state index in [1.54, 1.807) is 4.90 Å². The molecule has 30 heavy (non-hydrogen) atoms. The van der Waals surface area contributed by atoms with Crippen molar-refractivity contribution in [3.8, 4) is 0 Å². The summed E-state index contributed by atoms with van der Waals surface area (Å²) in [7, 11) is 0. The van der Waals surface area contributed by atoms with Crippen LogP contribution in [0.1, 0.15) is 51.0 Å². The maximum absolute atomic E-state index is 13.0. The molecule has 0 saturated carbocycles. The van der Waals surface area contributed by atoms with Crippen molar-refractivity contribution in [3.05, 3.63) is 69.8 Å². The van der Waals surface area contributed by atoms with E-state index in [2.05, 4.69) is 32.0 Å². The van der Waals surface area contributed by atoms with Crippen molar-refractivity contribution < 1.29 is 14.3 Å². The summed E-state index contributed by atoms with van der Waals surface area (Å²) in [6, 6.07) is 12.2. The third-order valence-corrected chi connectivity index (χ3v) is 6.49. The van der Waals surface area contributed by atoms with Crippen LogP contribution in [0.3, 0.4) is 0 Å². The van der Waals surface area contributed by atoms with E-state index >= 15 is 0 Å². The molecule has 0 unspecified atom stereocenters. The maximum Gasteiger partial charge on any atom is 0.410 e. The Labute approximate surface area is 178 Å². The monoisotopic (exact) mass is 406 g/mol. The van der Waals surface area contributed by atoms with Crippen molar-refractivity contribution in [3.63, 3.8) is 0 Å². The number of aryl methyl sites for hydroxylation is 3. The number of benzene rings is 2. The zero-order chi connectivity index (χ0) is 21.5. The average Bonchev–Trinajstić information content (AvgIpc) is 2.98. The van der Waals surface area contributed by atoms with Crippen LogP contribution in [0.4, 0.5) is 4.79 Å². The van der Waals surface area contributed by atoms with Gasteiger partial charge in [-0.25, -0.2) is 4.79 Å². The first-order valence-corrected chi connectivity index (χ1v) is 10.7. The molecule has 0 bridgehead atoms. The van der Waals surface area contributed by atoms with Crippen LogP contribution in [-0.2, 0) is 11.3 Å². The van der Waals surface area contributed by atoms with Gasteiger partial charge in [-0.1, -0.05) is 41.5 Å². The van der Waals surface area contributed by atoms with Crippen LogP contribution in [0.15, 0.2) is 36.4 Å². The van der Waals surface area contributed by atoms with E-state index in [0.29, 0.717) is 39.0 Å². The molecule has 1 spiro atoms. The number of hydrogen-bond donors (Lipinski definition) is 0. The lowest BCUT2D eigenvalue weighted by Crippen LogP contribution is -2.48. The molecule has 5 nitrogen and oxygen atoms in total. The van der Waals surface area contributed by atoms with Gasteiger partial charge in [0.05, 0.1) is 6.54 Å². The van der Waals surface area contributed by atoms with Gasteiger partial charge in [-0.2, -0.15) is 0 Å². The van der Waals surface area contributed by atoms with Crippen molar-refractivity contribution in [2.24, 2.45) is 0 Å². The largest absolute Gasteiger partial charge is 0.441 e. The molecular formula is C25H30N2O3. The Kier molecular flexibility index (Phi) is 5.31. The minimum absolute atomic E-state index is 0.0717. The average molecular weight is 407 g/mol. The highest BCUT2D eigenvalue weighted by Gasteiger charge is 2.47. The van der Waals surface area contributed by atoms with Gasteiger partial charge in [-0.3, -0.25) is 9.69 Å². The fourth-order valence-electron chi connectivity index (χ4n) is 4.73.